The SMILES string of the molecule is CCSc1nnc(N2C(N)=C(C#N)C(c3cccnc3)C3=C2CC(C)(C)CC3=O)s1. The van der Waals surface area contributed by atoms with Gasteiger partial charge >= 0.3 is 0 Å². The van der Waals surface area contributed by atoms with Crippen LogP contribution >= 0.6 is 23.1 Å². The predicted octanol–water partition coefficient (Wildman–Crippen LogP) is 3.99. The second-order valence-electron chi connectivity index (χ2n) is 8.05. The van der Waals surface area contributed by atoms with Crippen molar-refractivity contribution in [1.82, 2.24) is 15.2 Å². The number of aromatic nitrogens is 3. The average Bonchev–Trinajstić information content (AvgIpc) is 3.15. The van der Waals surface area contributed by atoms with Gasteiger partial charge in [-0.25, -0.2) is 0 Å². The van der Waals surface area contributed by atoms with E-state index in [0.29, 0.717) is 34.9 Å². The molecule has 2 aliphatic rings. The van der Waals surface area contributed by atoms with Gasteiger partial charge in [0, 0.05) is 30.1 Å². The molecule has 2 N–H and O–H groups in total. The summed E-state index contributed by atoms with van der Waals surface area (Å²) in [5.74, 6) is 0.704. The van der Waals surface area contributed by atoms with Crippen LogP contribution < -0.4 is 10.6 Å². The molecule has 30 heavy (non-hydrogen) atoms. The zero-order valence-electron chi connectivity index (χ0n) is 17.0. The van der Waals surface area contributed by atoms with Crippen LogP contribution in [0.3, 0.4) is 0 Å². The number of Topliss-reactive ketones (excluding diaryl/α,β-unsaturated/α-hetero) is 1. The maximum absolute atomic E-state index is 13.4. The Bertz CT molecular complexity index is 1100. The Morgan fingerprint density at radius 1 is 1.40 bits per heavy atom. The van der Waals surface area contributed by atoms with Crippen LogP contribution in [0.1, 0.15) is 45.1 Å². The first kappa shape index (κ1) is 20.6. The van der Waals surface area contributed by atoms with Crippen molar-refractivity contribution in [2.24, 2.45) is 11.1 Å². The molecule has 2 aromatic rings. The van der Waals surface area contributed by atoms with Gasteiger partial charge in [-0.2, -0.15) is 5.26 Å². The van der Waals surface area contributed by atoms with E-state index in [1.54, 1.807) is 29.1 Å². The predicted molar refractivity (Wildman–Crippen MR) is 118 cm³/mol. The molecule has 0 aromatic carbocycles. The lowest BCUT2D eigenvalue weighted by Crippen LogP contribution is -2.42. The highest BCUT2D eigenvalue weighted by Crippen LogP contribution is 2.50. The van der Waals surface area contributed by atoms with Crippen LogP contribution in [0.2, 0.25) is 0 Å². The van der Waals surface area contributed by atoms with Gasteiger partial charge in [0.15, 0.2) is 10.1 Å². The highest BCUT2D eigenvalue weighted by molar-refractivity contribution is 8.01. The van der Waals surface area contributed by atoms with Crippen molar-refractivity contribution in [3.63, 3.8) is 0 Å². The Morgan fingerprint density at radius 3 is 2.87 bits per heavy atom. The van der Waals surface area contributed by atoms with Crippen molar-refractivity contribution in [2.45, 2.75) is 43.9 Å². The van der Waals surface area contributed by atoms with Crippen LogP contribution in [-0.2, 0) is 4.79 Å². The van der Waals surface area contributed by atoms with Crippen LogP contribution in [0.15, 0.2) is 51.5 Å². The first-order valence-corrected chi connectivity index (χ1v) is 11.5. The van der Waals surface area contributed by atoms with Crippen molar-refractivity contribution in [1.29, 1.82) is 5.26 Å². The Morgan fingerprint density at radius 2 is 2.20 bits per heavy atom. The minimum absolute atomic E-state index is 0.0352. The van der Waals surface area contributed by atoms with E-state index in [2.05, 4.69) is 42.0 Å². The number of allylic oxidation sites excluding steroid dienone is 3. The van der Waals surface area contributed by atoms with E-state index >= 15 is 0 Å². The highest BCUT2D eigenvalue weighted by Gasteiger charge is 2.45. The maximum atomic E-state index is 13.4. The number of pyridine rings is 1. The number of rotatable bonds is 4. The normalized spacial score (nSPS) is 20.9. The largest absolute Gasteiger partial charge is 0.384 e. The lowest BCUT2D eigenvalue weighted by Gasteiger charge is -2.42. The van der Waals surface area contributed by atoms with Crippen LogP contribution in [0, 0.1) is 16.7 Å². The lowest BCUT2D eigenvalue weighted by atomic mass is 9.69. The third kappa shape index (κ3) is 3.50. The fraction of sp³-hybridized carbons (Fsp3) is 0.381. The molecule has 1 aliphatic carbocycles. The zero-order chi connectivity index (χ0) is 21.5. The van der Waals surface area contributed by atoms with Gasteiger partial charge in [-0.15, -0.1) is 10.2 Å². The number of nitrogens with zero attached hydrogens (tertiary/aromatic N) is 5. The lowest BCUT2D eigenvalue weighted by molar-refractivity contribution is -0.118. The Balaban J connectivity index is 1.94. The summed E-state index contributed by atoms with van der Waals surface area (Å²) in [6, 6.07) is 5.95. The van der Waals surface area contributed by atoms with E-state index in [1.165, 1.54) is 11.3 Å². The van der Waals surface area contributed by atoms with E-state index in [0.717, 1.165) is 21.4 Å². The molecule has 1 aliphatic heterocycles. The molecule has 0 amide bonds. The summed E-state index contributed by atoms with van der Waals surface area (Å²) in [6.07, 6.45) is 4.44. The molecular weight excluding hydrogens is 416 g/mol. The summed E-state index contributed by atoms with van der Waals surface area (Å²) in [4.78, 5) is 19.3. The van der Waals surface area contributed by atoms with E-state index in [9.17, 15) is 10.1 Å². The van der Waals surface area contributed by atoms with Gasteiger partial charge < -0.3 is 5.73 Å². The van der Waals surface area contributed by atoms with Gasteiger partial charge in [0.25, 0.3) is 0 Å². The van der Waals surface area contributed by atoms with E-state index in [4.69, 9.17) is 5.73 Å². The first-order valence-electron chi connectivity index (χ1n) is 9.68. The molecule has 0 saturated carbocycles. The molecule has 9 heteroatoms. The molecule has 0 bridgehead atoms. The monoisotopic (exact) mass is 438 g/mol. The van der Waals surface area contributed by atoms with Crippen LogP contribution in [0.5, 0.6) is 0 Å². The summed E-state index contributed by atoms with van der Waals surface area (Å²) in [5.41, 5.74) is 8.91. The molecule has 4 rings (SSSR count). The van der Waals surface area contributed by atoms with Crippen LogP contribution in [0.25, 0.3) is 0 Å². The molecule has 154 valence electrons. The minimum Gasteiger partial charge on any atom is -0.384 e. The Kier molecular flexibility index (Phi) is 5.38. The second-order valence-corrected chi connectivity index (χ2v) is 10.5. The van der Waals surface area contributed by atoms with Gasteiger partial charge in [0.2, 0.25) is 5.13 Å². The number of hydrogen-bond donors (Lipinski definition) is 1. The molecule has 1 atom stereocenters. The number of anilines is 1. The molecule has 0 radical (unpaired) electrons. The van der Waals surface area contributed by atoms with Crippen LogP contribution in [-0.4, -0.2) is 26.7 Å². The molecule has 0 saturated heterocycles. The Labute approximate surface area is 183 Å². The smallest absolute Gasteiger partial charge is 0.219 e. The van der Waals surface area contributed by atoms with Crippen molar-refractivity contribution < 1.29 is 4.79 Å². The van der Waals surface area contributed by atoms with Crippen molar-refractivity contribution in [3.05, 3.63) is 52.8 Å². The number of carbonyl (C=O) groups excluding carboxylic acids is 1. The van der Waals surface area contributed by atoms with Gasteiger partial charge in [0.1, 0.15) is 5.82 Å². The summed E-state index contributed by atoms with van der Waals surface area (Å²) in [5, 5.41) is 19.2. The second kappa shape index (κ2) is 7.85. The van der Waals surface area contributed by atoms with Crippen molar-refractivity contribution in [3.8, 4) is 6.07 Å². The average molecular weight is 439 g/mol. The molecular formula is C21H22N6OS2. The zero-order valence-corrected chi connectivity index (χ0v) is 18.7. The highest BCUT2D eigenvalue weighted by atomic mass is 32.2. The topological polar surface area (TPSA) is 109 Å². The van der Waals surface area contributed by atoms with E-state index in [1.807, 2.05) is 12.1 Å². The fourth-order valence-corrected chi connectivity index (χ4v) is 5.86. The fourth-order valence-electron chi connectivity index (χ4n) is 4.08. The summed E-state index contributed by atoms with van der Waals surface area (Å²) >= 11 is 3.02. The summed E-state index contributed by atoms with van der Waals surface area (Å²) < 4.78 is 0.830. The maximum Gasteiger partial charge on any atom is 0.219 e. The standard InChI is InChI=1S/C21H22N6OS2/c1-4-29-20-26-25-19(30-20)27-14-8-21(2,3)9-15(28)17(14)16(13(10-22)18(27)23)12-6-5-7-24-11-12/h5-7,11,16H,4,8-9,23H2,1-3H3. The Hall–Kier alpha value is -2.70. The number of hydrogen-bond acceptors (Lipinski definition) is 9. The van der Waals surface area contributed by atoms with Gasteiger partial charge in [0.05, 0.1) is 17.6 Å². The molecule has 3 heterocycles. The number of nitrogens with two attached hydrogens (primary N) is 1. The minimum atomic E-state index is -0.518. The molecule has 2 aromatic heterocycles. The van der Waals surface area contributed by atoms with Crippen molar-refractivity contribution >= 4 is 34.0 Å². The third-order valence-corrected chi connectivity index (χ3v) is 7.18. The van der Waals surface area contributed by atoms with Gasteiger partial charge in [-0.3, -0.25) is 14.7 Å². The van der Waals surface area contributed by atoms with Gasteiger partial charge in [-0.1, -0.05) is 49.9 Å². The quantitative estimate of drug-likeness (QED) is 0.714. The van der Waals surface area contributed by atoms with E-state index in [-0.39, 0.29) is 11.2 Å². The molecule has 0 fully saturated rings. The number of carbonyl (C=O) groups is 1. The molecule has 0 spiro atoms. The van der Waals surface area contributed by atoms with E-state index < -0.39 is 5.92 Å². The number of thioether (sulfide) groups is 1. The molecule has 7 nitrogen and oxygen atoms in total. The molecule has 1 unspecified atom stereocenters. The third-order valence-electron chi connectivity index (χ3n) is 5.25. The first-order chi connectivity index (χ1) is 14.4. The van der Waals surface area contributed by atoms with Gasteiger partial charge in [-0.05, 0) is 29.2 Å². The summed E-state index contributed by atoms with van der Waals surface area (Å²) in [7, 11) is 0. The number of nitriles is 1. The number of ketones is 1. The summed E-state index contributed by atoms with van der Waals surface area (Å²) in [6.45, 7) is 6.20. The van der Waals surface area contributed by atoms with Crippen molar-refractivity contribution in [2.75, 3.05) is 10.7 Å². The van der Waals surface area contributed by atoms with Crippen LogP contribution in [0.4, 0.5) is 5.13 Å².